The first-order chi connectivity index (χ1) is 8.22. The molecule has 100 valence electrons. The van der Waals surface area contributed by atoms with E-state index >= 15 is 0 Å². The van der Waals surface area contributed by atoms with Crippen LogP contribution in [0.4, 0.5) is 0 Å². The molecule has 1 unspecified atom stereocenters. The van der Waals surface area contributed by atoms with Gasteiger partial charge in [-0.1, -0.05) is 39.0 Å². The zero-order chi connectivity index (χ0) is 12.5. The highest BCUT2D eigenvalue weighted by molar-refractivity contribution is 5.76. The molecule has 3 heteroatoms. The van der Waals surface area contributed by atoms with Crippen LogP contribution in [0.3, 0.4) is 0 Å². The number of carbonyl (C=O) groups is 1. The minimum absolute atomic E-state index is 0.212. The average molecular weight is 240 g/mol. The highest BCUT2D eigenvalue weighted by Crippen LogP contribution is 2.17. The Hall–Kier alpha value is -0.570. The average Bonchev–Trinajstić information content (AvgIpc) is 2.22. The number of nitrogens with one attached hydrogen (secondary N) is 2. The summed E-state index contributed by atoms with van der Waals surface area (Å²) in [5, 5.41) is 6.47. The van der Waals surface area contributed by atoms with Crippen molar-refractivity contribution in [3.63, 3.8) is 0 Å². The Balaban J connectivity index is 2.23. The van der Waals surface area contributed by atoms with E-state index in [9.17, 15) is 4.79 Å². The Kier molecular flexibility index (Phi) is 7.25. The van der Waals surface area contributed by atoms with Gasteiger partial charge in [-0.3, -0.25) is 4.79 Å². The van der Waals surface area contributed by atoms with Gasteiger partial charge in [0, 0.05) is 18.5 Å². The summed E-state index contributed by atoms with van der Waals surface area (Å²) in [5.41, 5.74) is 0. The van der Waals surface area contributed by atoms with Gasteiger partial charge in [0.15, 0.2) is 0 Å². The van der Waals surface area contributed by atoms with Gasteiger partial charge in [0.25, 0.3) is 0 Å². The molecule has 0 radical (unpaired) electrons. The largest absolute Gasteiger partial charge is 0.353 e. The van der Waals surface area contributed by atoms with Gasteiger partial charge in [0.1, 0.15) is 0 Å². The molecule has 0 heterocycles. The van der Waals surface area contributed by atoms with Crippen LogP contribution in [0.5, 0.6) is 0 Å². The molecule has 0 saturated heterocycles. The van der Waals surface area contributed by atoms with Crippen molar-refractivity contribution in [3.8, 4) is 0 Å². The van der Waals surface area contributed by atoms with Gasteiger partial charge in [0.05, 0.1) is 0 Å². The van der Waals surface area contributed by atoms with Crippen molar-refractivity contribution in [3.05, 3.63) is 0 Å². The van der Waals surface area contributed by atoms with Gasteiger partial charge in [0.2, 0.25) is 5.91 Å². The number of hydrogen-bond acceptors (Lipinski definition) is 2. The van der Waals surface area contributed by atoms with E-state index in [-0.39, 0.29) is 11.9 Å². The zero-order valence-corrected chi connectivity index (χ0v) is 11.4. The summed E-state index contributed by atoms with van der Waals surface area (Å²) >= 11 is 0. The van der Waals surface area contributed by atoms with Crippen LogP contribution < -0.4 is 10.6 Å². The Morgan fingerprint density at radius 2 is 1.76 bits per heavy atom. The normalized spacial score (nSPS) is 20.4. The maximum atomic E-state index is 11.8. The van der Waals surface area contributed by atoms with Crippen molar-refractivity contribution >= 4 is 5.91 Å². The fraction of sp³-hybridized carbons (Fsp3) is 0.929. The second-order valence-corrected chi connectivity index (χ2v) is 5.27. The zero-order valence-electron chi connectivity index (χ0n) is 11.4. The van der Waals surface area contributed by atoms with Gasteiger partial charge in [-0.05, 0) is 26.3 Å². The Morgan fingerprint density at radius 1 is 1.18 bits per heavy atom. The predicted octanol–water partition coefficient (Wildman–Crippen LogP) is 2.60. The third kappa shape index (κ3) is 6.67. The van der Waals surface area contributed by atoms with E-state index in [2.05, 4.69) is 24.5 Å². The molecule has 1 fully saturated rings. The monoisotopic (exact) mass is 240 g/mol. The van der Waals surface area contributed by atoms with Crippen LogP contribution in [0.2, 0.25) is 0 Å². The fourth-order valence-corrected chi connectivity index (χ4v) is 2.59. The fourth-order valence-electron chi connectivity index (χ4n) is 2.59. The summed E-state index contributed by atoms with van der Waals surface area (Å²) in [6.07, 6.45) is 9.52. The van der Waals surface area contributed by atoms with Crippen LogP contribution in [0.25, 0.3) is 0 Å². The van der Waals surface area contributed by atoms with Crippen molar-refractivity contribution in [1.82, 2.24) is 10.6 Å². The first-order valence-electron chi connectivity index (χ1n) is 7.25. The van der Waals surface area contributed by atoms with E-state index in [1.54, 1.807) is 0 Å². The molecule has 1 amide bonds. The Morgan fingerprint density at radius 3 is 2.35 bits per heavy atom. The molecule has 17 heavy (non-hydrogen) atoms. The topological polar surface area (TPSA) is 41.1 Å². The van der Waals surface area contributed by atoms with E-state index < -0.39 is 0 Å². The molecule has 2 N–H and O–H groups in total. The standard InChI is InChI=1S/C14H28N2O/c1-3-15-12(2)11-14(17)16-13-9-7-5-4-6-8-10-13/h12-13,15H,3-11H2,1-2H3,(H,16,17). The Labute approximate surface area is 106 Å². The molecule has 1 atom stereocenters. The summed E-state index contributed by atoms with van der Waals surface area (Å²) < 4.78 is 0. The maximum Gasteiger partial charge on any atom is 0.221 e. The SMILES string of the molecule is CCNC(C)CC(=O)NC1CCCCCCC1. The second kappa shape index (κ2) is 8.51. The number of rotatable bonds is 5. The summed E-state index contributed by atoms with van der Waals surface area (Å²) in [5.74, 6) is 0.212. The van der Waals surface area contributed by atoms with Gasteiger partial charge >= 0.3 is 0 Å². The van der Waals surface area contributed by atoms with Crippen LogP contribution in [0.15, 0.2) is 0 Å². The van der Waals surface area contributed by atoms with E-state index in [0.29, 0.717) is 12.5 Å². The molecule has 1 aliphatic carbocycles. The van der Waals surface area contributed by atoms with E-state index in [1.807, 2.05) is 0 Å². The van der Waals surface area contributed by atoms with Crippen molar-refractivity contribution in [2.24, 2.45) is 0 Å². The summed E-state index contributed by atoms with van der Waals surface area (Å²) in [6, 6.07) is 0.713. The van der Waals surface area contributed by atoms with Gasteiger partial charge < -0.3 is 10.6 Å². The molecule has 0 aromatic heterocycles. The van der Waals surface area contributed by atoms with Crippen LogP contribution in [0, 0.1) is 0 Å². The molecule has 0 bridgehead atoms. The molecule has 3 nitrogen and oxygen atoms in total. The van der Waals surface area contributed by atoms with Crippen molar-refractivity contribution < 1.29 is 4.79 Å². The predicted molar refractivity (Wildman–Crippen MR) is 72.0 cm³/mol. The lowest BCUT2D eigenvalue weighted by Gasteiger charge is -2.22. The first-order valence-corrected chi connectivity index (χ1v) is 7.25. The molecule has 0 aliphatic heterocycles. The highest BCUT2D eigenvalue weighted by atomic mass is 16.1. The third-order valence-electron chi connectivity index (χ3n) is 3.51. The summed E-state index contributed by atoms with van der Waals surface area (Å²) in [6.45, 7) is 5.07. The van der Waals surface area contributed by atoms with Crippen molar-refractivity contribution in [2.45, 2.75) is 77.3 Å². The minimum atomic E-state index is 0.212. The highest BCUT2D eigenvalue weighted by Gasteiger charge is 2.15. The van der Waals surface area contributed by atoms with Gasteiger partial charge in [-0.15, -0.1) is 0 Å². The number of carbonyl (C=O) groups excluding carboxylic acids is 1. The molecule has 0 spiro atoms. The van der Waals surface area contributed by atoms with Crippen LogP contribution >= 0.6 is 0 Å². The van der Waals surface area contributed by atoms with E-state index in [4.69, 9.17) is 0 Å². The first kappa shape index (κ1) is 14.5. The van der Waals surface area contributed by atoms with Crippen LogP contribution in [-0.4, -0.2) is 24.5 Å². The molecular formula is C14H28N2O. The summed E-state index contributed by atoms with van der Waals surface area (Å²) in [7, 11) is 0. The maximum absolute atomic E-state index is 11.8. The lowest BCUT2D eigenvalue weighted by Crippen LogP contribution is -2.39. The molecule has 0 aromatic carbocycles. The smallest absolute Gasteiger partial charge is 0.221 e. The van der Waals surface area contributed by atoms with E-state index in [0.717, 1.165) is 6.54 Å². The van der Waals surface area contributed by atoms with Crippen LogP contribution in [0.1, 0.15) is 65.2 Å². The van der Waals surface area contributed by atoms with Gasteiger partial charge in [-0.25, -0.2) is 0 Å². The van der Waals surface area contributed by atoms with Crippen molar-refractivity contribution in [2.75, 3.05) is 6.54 Å². The second-order valence-electron chi connectivity index (χ2n) is 5.27. The lowest BCUT2D eigenvalue weighted by molar-refractivity contribution is -0.122. The Bertz CT molecular complexity index is 210. The molecule has 0 aromatic rings. The number of hydrogen-bond donors (Lipinski definition) is 2. The third-order valence-corrected chi connectivity index (χ3v) is 3.51. The van der Waals surface area contributed by atoms with Gasteiger partial charge in [-0.2, -0.15) is 0 Å². The lowest BCUT2D eigenvalue weighted by atomic mass is 9.96. The molecule has 1 saturated carbocycles. The molecule has 1 rings (SSSR count). The van der Waals surface area contributed by atoms with Crippen molar-refractivity contribution in [1.29, 1.82) is 0 Å². The van der Waals surface area contributed by atoms with E-state index in [1.165, 1.54) is 44.9 Å². The molecular weight excluding hydrogens is 212 g/mol. The van der Waals surface area contributed by atoms with Crippen LogP contribution in [-0.2, 0) is 4.79 Å². The quantitative estimate of drug-likeness (QED) is 0.775. The molecule has 1 aliphatic rings. The number of amides is 1. The summed E-state index contributed by atoms with van der Waals surface area (Å²) in [4.78, 5) is 11.8. The minimum Gasteiger partial charge on any atom is -0.353 e.